The summed E-state index contributed by atoms with van der Waals surface area (Å²) in [4.78, 5) is 21.8. The summed E-state index contributed by atoms with van der Waals surface area (Å²) in [6.45, 7) is 3.54. The van der Waals surface area contributed by atoms with Crippen LogP contribution in [0.4, 0.5) is 5.69 Å². The summed E-state index contributed by atoms with van der Waals surface area (Å²) in [6.07, 6.45) is 0.440. The Morgan fingerprint density at radius 3 is 2.39 bits per heavy atom. The molecule has 0 aliphatic rings. The van der Waals surface area contributed by atoms with Crippen molar-refractivity contribution in [3.05, 3.63) is 85.3 Å². The van der Waals surface area contributed by atoms with Crippen LogP contribution < -0.4 is 15.0 Å². The number of non-ortho nitro benzene ring substituents is 1. The van der Waals surface area contributed by atoms with Gasteiger partial charge in [-0.2, -0.15) is 5.10 Å². The van der Waals surface area contributed by atoms with E-state index >= 15 is 0 Å². The maximum atomic E-state index is 11.2. The van der Waals surface area contributed by atoms with E-state index in [2.05, 4.69) is 10.2 Å². The van der Waals surface area contributed by atoms with E-state index in [0.717, 1.165) is 5.56 Å². The Labute approximate surface area is 160 Å². The fourth-order valence-electron chi connectivity index (χ4n) is 2.94. The number of ether oxygens (including phenoxy) is 2. The Bertz CT molecular complexity index is 1050. The molecule has 0 aliphatic heterocycles. The van der Waals surface area contributed by atoms with Gasteiger partial charge in [0.15, 0.2) is 0 Å². The van der Waals surface area contributed by atoms with Crippen LogP contribution in [0.25, 0.3) is 0 Å². The average molecular weight is 381 g/mol. The molecule has 3 aromatic rings. The van der Waals surface area contributed by atoms with E-state index in [0.29, 0.717) is 40.5 Å². The van der Waals surface area contributed by atoms with Crippen LogP contribution in [0.1, 0.15) is 22.4 Å². The first-order valence-corrected chi connectivity index (χ1v) is 8.52. The molecule has 0 atom stereocenters. The van der Waals surface area contributed by atoms with E-state index in [1.807, 2.05) is 6.07 Å². The molecule has 0 aliphatic carbocycles. The second-order valence-electron chi connectivity index (χ2n) is 6.33. The highest BCUT2D eigenvalue weighted by molar-refractivity contribution is 5.51. The molecule has 8 nitrogen and oxygen atoms in total. The minimum atomic E-state index is -0.424. The summed E-state index contributed by atoms with van der Waals surface area (Å²) < 4.78 is 11.4. The highest BCUT2D eigenvalue weighted by Crippen LogP contribution is 2.34. The fraction of sp³-hybridized carbons (Fsp3) is 0.200. The second-order valence-corrected chi connectivity index (χ2v) is 6.33. The lowest BCUT2D eigenvalue weighted by Crippen LogP contribution is -2.08. The molecule has 0 fully saturated rings. The van der Waals surface area contributed by atoms with E-state index in [4.69, 9.17) is 9.47 Å². The Balaban J connectivity index is 1.92. The van der Waals surface area contributed by atoms with Gasteiger partial charge in [0.25, 0.3) is 11.2 Å². The Morgan fingerprint density at radius 1 is 1.11 bits per heavy atom. The van der Waals surface area contributed by atoms with Gasteiger partial charge in [-0.05, 0) is 49.2 Å². The van der Waals surface area contributed by atoms with Gasteiger partial charge in [-0.1, -0.05) is 0 Å². The summed E-state index contributed by atoms with van der Waals surface area (Å²) in [6, 6.07) is 11.4. The Morgan fingerprint density at radius 2 is 1.82 bits per heavy atom. The van der Waals surface area contributed by atoms with E-state index in [1.165, 1.54) is 18.2 Å². The van der Waals surface area contributed by atoms with Crippen LogP contribution in [0.5, 0.6) is 17.2 Å². The molecule has 0 spiro atoms. The fourth-order valence-corrected chi connectivity index (χ4v) is 2.94. The topological polar surface area (TPSA) is 107 Å². The molecular formula is C20H19N3O5. The van der Waals surface area contributed by atoms with Crippen molar-refractivity contribution < 1.29 is 14.4 Å². The van der Waals surface area contributed by atoms with Crippen molar-refractivity contribution in [2.45, 2.75) is 20.3 Å². The summed E-state index contributed by atoms with van der Waals surface area (Å²) in [5.41, 5.74) is 2.62. The van der Waals surface area contributed by atoms with Crippen LogP contribution in [0, 0.1) is 24.0 Å². The van der Waals surface area contributed by atoms with Crippen molar-refractivity contribution in [2.24, 2.45) is 0 Å². The molecule has 0 bridgehead atoms. The number of aromatic nitrogens is 2. The number of benzene rings is 2. The van der Waals surface area contributed by atoms with Gasteiger partial charge >= 0.3 is 0 Å². The average Bonchev–Trinajstić information content (AvgIpc) is 2.66. The molecule has 0 saturated heterocycles. The van der Waals surface area contributed by atoms with Crippen molar-refractivity contribution in [2.75, 3.05) is 7.11 Å². The smallest absolute Gasteiger partial charge is 0.270 e. The predicted octanol–water partition coefficient (Wildman–Crippen LogP) is 3.69. The van der Waals surface area contributed by atoms with Crippen LogP contribution in [-0.4, -0.2) is 22.2 Å². The standard InChI is InChI=1S/C20H19N3O5/c1-12-8-16(23(25)26)9-13(2)20(12)28-17-5-6-18(27-3)14(11-17)10-15-4-7-19(24)22-21-15/h4-9,11H,10H2,1-3H3,(H,22,24). The molecule has 1 aromatic heterocycles. The first-order valence-electron chi connectivity index (χ1n) is 8.52. The third kappa shape index (κ3) is 4.17. The third-order valence-electron chi connectivity index (χ3n) is 4.24. The van der Waals surface area contributed by atoms with Crippen LogP contribution >= 0.6 is 0 Å². The minimum Gasteiger partial charge on any atom is -0.496 e. The number of aromatic amines is 1. The lowest BCUT2D eigenvalue weighted by Gasteiger charge is -2.14. The molecule has 0 amide bonds. The number of hydrogen-bond acceptors (Lipinski definition) is 6. The van der Waals surface area contributed by atoms with Gasteiger partial charge in [0.1, 0.15) is 17.2 Å². The summed E-state index contributed by atoms with van der Waals surface area (Å²) in [5, 5.41) is 17.4. The van der Waals surface area contributed by atoms with Crippen LogP contribution in [0.15, 0.2) is 47.3 Å². The number of nitro benzene ring substituents is 1. The quantitative estimate of drug-likeness (QED) is 0.515. The SMILES string of the molecule is COc1ccc(Oc2c(C)cc([N+](=O)[O-])cc2C)cc1Cc1ccc(=O)[nH]n1. The molecule has 1 heterocycles. The van der Waals surface area contributed by atoms with Gasteiger partial charge in [0, 0.05) is 30.2 Å². The van der Waals surface area contributed by atoms with Crippen LogP contribution in [-0.2, 0) is 6.42 Å². The van der Waals surface area contributed by atoms with Gasteiger partial charge in [0.05, 0.1) is 17.7 Å². The lowest BCUT2D eigenvalue weighted by molar-refractivity contribution is -0.385. The molecule has 0 unspecified atom stereocenters. The number of rotatable bonds is 6. The maximum Gasteiger partial charge on any atom is 0.270 e. The number of nitrogens with one attached hydrogen (secondary N) is 1. The number of H-pyrrole nitrogens is 1. The predicted molar refractivity (Wildman–Crippen MR) is 103 cm³/mol. The number of nitro groups is 1. The van der Waals surface area contributed by atoms with Crippen molar-refractivity contribution >= 4 is 5.69 Å². The molecule has 0 radical (unpaired) electrons. The number of methoxy groups -OCH3 is 1. The highest BCUT2D eigenvalue weighted by atomic mass is 16.6. The second kappa shape index (κ2) is 7.91. The minimum absolute atomic E-state index is 0.0296. The van der Waals surface area contributed by atoms with Crippen molar-refractivity contribution in [3.8, 4) is 17.2 Å². The summed E-state index contributed by atoms with van der Waals surface area (Å²) >= 11 is 0. The Kier molecular flexibility index (Phi) is 5.39. The van der Waals surface area contributed by atoms with Gasteiger partial charge < -0.3 is 9.47 Å². The van der Waals surface area contributed by atoms with E-state index in [1.54, 1.807) is 39.2 Å². The molecule has 2 aromatic carbocycles. The number of aryl methyl sites for hydroxylation is 2. The normalized spacial score (nSPS) is 10.5. The molecule has 3 rings (SSSR count). The third-order valence-corrected chi connectivity index (χ3v) is 4.24. The van der Waals surface area contributed by atoms with Gasteiger partial charge in [0.2, 0.25) is 0 Å². The first-order chi connectivity index (χ1) is 13.4. The highest BCUT2D eigenvalue weighted by Gasteiger charge is 2.15. The van der Waals surface area contributed by atoms with E-state index < -0.39 is 4.92 Å². The van der Waals surface area contributed by atoms with Gasteiger partial charge in [-0.15, -0.1) is 0 Å². The lowest BCUT2D eigenvalue weighted by atomic mass is 10.1. The first kappa shape index (κ1) is 19.1. The van der Waals surface area contributed by atoms with Crippen molar-refractivity contribution in [3.63, 3.8) is 0 Å². The van der Waals surface area contributed by atoms with E-state index in [-0.39, 0.29) is 11.2 Å². The zero-order valence-electron chi connectivity index (χ0n) is 15.7. The summed E-state index contributed by atoms with van der Waals surface area (Å²) in [7, 11) is 1.57. The van der Waals surface area contributed by atoms with Gasteiger partial charge in [-0.3, -0.25) is 14.9 Å². The maximum absolute atomic E-state index is 11.2. The zero-order valence-corrected chi connectivity index (χ0v) is 15.7. The van der Waals surface area contributed by atoms with Crippen LogP contribution in [0.2, 0.25) is 0 Å². The van der Waals surface area contributed by atoms with Crippen molar-refractivity contribution in [1.82, 2.24) is 10.2 Å². The van der Waals surface area contributed by atoms with Crippen LogP contribution in [0.3, 0.4) is 0 Å². The monoisotopic (exact) mass is 381 g/mol. The zero-order chi connectivity index (χ0) is 20.3. The Hall–Kier alpha value is -3.68. The summed E-state index contributed by atoms with van der Waals surface area (Å²) in [5.74, 6) is 1.81. The molecule has 1 N–H and O–H groups in total. The molecule has 8 heteroatoms. The molecular weight excluding hydrogens is 362 g/mol. The molecule has 144 valence electrons. The largest absolute Gasteiger partial charge is 0.496 e. The number of hydrogen-bond donors (Lipinski definition) is 1. The molecule has 0 saturated carbocycles. The van der Waals surface area contributed by atoms with E-state index in [9.17, 15) is 14.9 Å². The molecule has 28 heavy (non-hydrogen) atoms. The van der Waals surface area contributed by atoms with Gasteiger partial charge in [-0.25, -0.2) is 5.10 Å². The number of nitrogens with zero attached hydrogens (tertiary/aromatic N) is 2. The van der Waals surface area contributed by atoms with Crippen molar-refractivity contribution in [1.29, 1.82) is 0 Å².